The van der Waals surface area contributed by atoms with E-state index < -0.39 is 9.45 Å². The van der Waals surface area contributed by atoms with Crippen molar-refractivity contribution in [1.29, 1.82) is 0 Å². The molecule has 0 amide bonds. The Hall–Kier alpha value is 0.0969. The molecule has 0 aliphatic rings. The molecule has 1 N–H and O–H groups in total. The molecule has 0 aliphatic heterocycles. The van der Waals surface area contributed by atoms with Crippen LogP contribution in [0.25, 0.3) is 0 Å². The molecule has 0 aromatic carbocycles. The van der Waals surface area contributed by atoms with Gasteiger partial charge < -0.3 is 8.85 Å². The van der Waals surface area contributed by atoms with Crippen molar-refractivity contribution in [3.05, 3.63) is 0 Å². The Bertz CT molecular complexity index is 133. The molecule has 0 heterocycles. The average Bonchev–Trinajstić information content (AvgIpc) is 1.79. The average molecular weight is 205 g/mol. The molecule has 0 aliphatic carbocycles. The molecule has 0 saturated carbocycles. The molecule has 80 valence electrons. The second kappa shape index (κ2) is 4.55. The van der Waals surface area contributed by atoms with Crippen LogP contribution >= 0.6 is 0 Å². The summed E-state index contributed by atoms with van der Waals surface area (Å²) in [5.74, 6) is 0. The third kappa shape index (κ3) is 8.43. The van der Waals surface area contributed by atoms with Crippen LogP contribution in [-0.2, 0) is 8.85 Å². The normalized spacial score (nSPS) is 13.8. The number of rotatable bonds is 3. The summed E-state index contributed by atoms with van der Waals surface area (Å²) in [5.41, 5.74) is -0.268. The summed E-state index contributed by atoms with van der Waals surface area (Å²) in [5, 5.41) is 0. The first-order chi connectivity index (χ1) is 5.64. The molecule has 0 atom stereocenters. The van der Waals surface area contributed by atoms with Gasteiger partial charge >= 0.3 is 9.45 Å². The van der Waals surface area contributed by atoms with Gasteiger partial charge in [-0.1, -0.05) is 0 Å². The van der Waals surface area contributed by atoms with Crippen LogP contribution < -0.4 is 4.98 Å². The largest absolute Gasteiger partial charge is 0.408 e. The second-order valence-electron chi connectivity index (χ2n) is 5.08. The van der Waals surface area contributed by atoms with Crippen molar-refractivity contribution >= 4 is 9.45 Å². The summed E-state index contributed by atoms with van der Waals surface area (Å²) in [6.07, 6.45) is 0. The van der Waals surface area contributed by atoms with Crippen molar-refractivity contribution in [1.82, 2.24) is 4.98 Å². The maximum absolute atomic E-state index is 5.77. The Morgan fingerprint density at radius 1 is 0.846 bits per heavy atom. The van der Waals surface area contributed by atoms with Gasteiger partial charge in [0.25, 0.3) is 0 Å². The zero-order valence-electron chi connectivity index (χ0n) is 9.89. The molecule has 0 aromatic heterocycles. The Balaban J connectivity index is 4.05. The van der Waals surface area contributed by atoms with Gasteiger partial charge in [-0.05, 0) is 48.6 Å². The van der Waals surface area contributed by atoms with Crippen molar-refractivity contribution in [2.75, 3.05) is 7.05 Å². The minimum absolute atomic E-state index is 0.134. The molecular weight excluding hydrogens is 182 g/mol. The molecule has 0 rings (SSSR count). The highest BCUT2D eigenvalue weighted by Crippen LogP contribution is 2.13. The fourth-order valence-corrected chi connectivity index (χ4v) is 2.35. The Kier molecular flexibility index (Phi) is 4.58. The van der Waals surface area contributed by atoms with Crippen molar-refractivity contribution < 1.29 is 8.85 Å². The summed E-state index contributed by atoms with van der Waals surface area (Å²) in [6, 6.07) is 0. The molecule has 0 bridgehead atoms. The maximum atomic E-state index is 5.77. The van der Waals surface area contributed by atoms with Crippen molar-refractivity contribution in [2.24, 2.45) is 0 Å². The number of hydrogen-bond acceptors (Lipinski definition) is 3. The van der Waals surface area contributed by atoms with Gasteiger partial charge in [0.2, 0.25) is 0 Å². The molecule has 0 spiro atoms. The van der Waals surface area contributed by atoms with Gasteiger partial charge in [0.05, 0.1) is 11.2 Å². The number of nitrogens with one attached hydrogen (secondary N) is 1. The van der Waals surface area contributed by atoms with Crippen LogP contribution in [0.1, 0.15) is 41.5 Å². The highest BCUT2D eigenvalue weighted by atomic mass is 28.3. The fraction of sp³-hybridized carbons (Fsp3) is 1.00. The third-order valence-corrected chi connectivity index (χ3v) is 3.47. The molecule has 0 saturated heterocycles. The van der Waals surface area contributed by atoms with E-state index in [0.29, 0.717) is 0 Å². The zero-order valence-corrected chi connectivity index (χ0v) is 11.0. The molecule has 13 heavy (non-hydrogen) atoms. The first-order valence-electron chi connectivity index (χ1n) is 4.67. The SMILES string of the molecule is CN[SiH](OC(C)(C)C)OC(C)(C)C. The van der Waals surface area contributed by atoms with Crippen LogP contribution in [0.3, 0.4) is 0 Å². The molecule has 4 heteroatoms. The van der Waals surface area contributed by atoms with Crippen molar-refractivity contribution in [2.45, 2.75) is 52.7 Å². The minimum atomic E-state index is -1.71. The van der Waals surface area contributed by atoms with Gasteiger partial charge in [0, 0.05) is 0 Å². The van der Waals surface area contributed by atoms with Crippen LogP contribution in [0, 0.1) is 0 Å². The van der Waals surface area contributed by atoms with Crippen LogP contribution in [0.5, 0.6) is 0 Å². The van der Waals surface area contributed by atoms with E-state index in [4.69, 9.17) is 8.85 Å². The van der Waals surface area contributed by atoms with E-state index in [9.17, 15) is 0 Å². The lowest BCUT2D eigenvalue weighted by Crippen LogP contribution is -2.47. The first-order valence-corrected chi connectivity index (χ1v) is 6.19. The molecular formula is C9H23NO2Si. The minimum Gasteiger partial charge on any atom is -0.380 e. The van der Waals surface area contributed by atoms with Crippen LogP contribution in [-0.4, -0.2) is 27.7 Å². The predicted octanol–water partition coefficient (Wildman–Crippen LogP) is 1.55. The summed E-state index contributed by atoms with van der Waals surface area (Å²) in [4.78, 5) is 3.11. The monoisotopic (exact) mass is 205 g/mol. The van der Waals surface area contributed by atoms with Gasteiger partial charge in [0.1, 0.15) is 0 Å². The summed E-state index contributed by atoms with van der Waals surface area (Å²) in [7, 11) is 0.170. The van der Waals surface area contributed by atoms with E-state index in [1.54, 1.807) is 0 Å². The zero-order chi connectivity index (χ0) is 10.7. The van der Waals surface area contributed by atoms with E-state index >= 15 is 0 Å². The predicted molar refractivity (Wildman–Crippen MR) is 57.9 cm³/mol. The maximum Gasteiger partial charge on any atom is 0.408 e. The van der Waals surface area contributed by atoms with Crippen molar-refractivity contribution in [3.63, 3.8) is 0 Å². The van der Waals surface area contributed by atoms with Gasteiger partial charge in [-0.2, -0.15) is 0 Å². The van der Waals surface area contributed by atoms with E-state index in [1.807, 2.05) is 48.6 Å². The van der Waals surface area contributed by atoms with E-state index in [2.05, 4.69) is 4.98 Å². The smallest absolute Gasteiger partial charge is 0.380 e. The van der Waals surface area contributed by atoms with Gasteiger partial charge in [-0.3, -0.25) is 4.98 Å². The molecule has 0 fully saturated rings. The standard InChI is InChI=1S/C9H23NO2Si/c1-8(2,3)11-13(10-7)12-9(4,5)6/h10,13H,1-7H3. The van der Waals surface area contributed by atoms with Gasteiger partial charge in [-0.15, -0.1) is 0 Å². The topological polar surface area (TPSA) is 30.5 Å². The third-order valence-electron chi connectivity index (χ3n) is 1.16. The summed E-state index contributed by atoms with van der Waals surface area (Å²) < 4.78 is 11.5. The van der Waals surface area contributed by atoms with Gasteiger partial charge in [-0.25, -0.2) is 0 Å². The Labute approximate surface area is 83.7 Å². The molecule has 3 nitrogen and oxygen atoms in total. The van der Waals surface area contributed by atoms with Gasteiger partial charge in [0.15, 0.2) is 0 Å². The lowest BCUT2D eigenvalue weighted by molar-refractivity contribution is 0.0294. The van der Waals surface area contributed by atoms with E-state index in [-0.39, 0.29) is 11.2 Å². The van der Waals surface area contributed by atoms with Crippen LogP contribution in [0.4, 0.5) is 0 Å². The first kappa shape index (κ1) is 13.1. The molecule has 0 aromatic rings. The fourth-order valence-electron chi connectivity index (χ4n) is 0.784. The van der Waals surface area contributed by atoms with E-state index in [0.717, 1.165) is 0 Å². The molecule has 0 unspecified atom stereocenters. The summed E-state index contributed by atoms with van der Waals surface area (Å²) >= 11 is 0. The number of hydrogen-bond donors (Lipinski definition) is 1. The molecule has 0 radical (unpaired) electrons. The lowest BCUT2D eigenvalue weighted by atomic mass is 10.2. The Morgan fingerprint density at radius 3 is 1.31 bits per heavy atom. The van der Waals surface area contributed by atoms with Crippen LogP contribution in [0.2, 0.25) is 0 Å². The van der Waals surface area contributed by atoms with Crippen LogP contribution in [0.15, 0.2) is 0 Å². The quantitative estimate of drug-likeness (QED) is 0.709. The second-order valence-corrected chi connectivity index (χ2v) is 6.79. The Morgan fingerprint density at radius 2 is 1.15 bits per heavy atom. The summed E-state index contributed by atoms with van der Waals surface area (Å²) in [6.45, 7) is 12.2. The highest BCUT2D eigenvalue weighted by molar-refractivity contribution is 6.41. The lowest BCUT2D eigenvalue weighted by Gasteiger charge is -2.31. The van der Waals surface area contributed by atoms with Crippen molar-refractivity contribution in [3.8, 4) is 0 Å². The van der Waals surface area contributed by atoms with E-state index in [1.165, 1.54) is 0 Å². The highest BCUT2D eigenvalue weighted by Gasteiger charge is 2.25.